The van der Waals surface area contributed by atoms with Crippen molar-refractivity contribution in [3.63, 3.8) is 0 Å². The number of aryl methyl sites for hydroxylation is 1. The van der Waals surface area contributed by atoms with Crippen molar-refractivity contribution in [3.05, 3.63) is 23.9 Å². The van der Waals surface area contributed by atoms with Gasteiger partial charge in [-0.25, -0.2) is 4.98 Å². The molecule has 1 aliphatic rings. The van der Waals surface area contributed by atoms with Gasteiger partial charge in [0.25, 0.3) is 0 Å². The molecule has 0 spiro atoms. The average molecular weight is 276 g/mol. The summed E-state index contributed by atoms with van der Waals surface area (Å²) in [6.07, 6.45) is 2.62. The van der Waals surface area contributed by atoms with Gasteiger partial charge in [0.05, 0.1) is 6.54 Å². The molecule has 1 amide bonds. The van der Waals surface area contributed by atoms with Crippen LogP contribution in [0.15, 0.2) is 18.3 Å². The predicted molar refractivity (Wildman–Crippen MR) is 80.9 cm³/mol. The van der Waals surface area contributed by atoms with E-state index in [0.29, 0.717) is 12.6 Å². The summed E-state index contributed by atoms with van der Waals surface area (Å²) in [5, 5.41) is 3.39. The van der Waals surface area contributed by atoms with Crippen LogP contribution in [0.5, 0.6) is 0 Å². The van der Waals surface area contributed by atoms with Gasteiger partial charge in [-0.05, 0) is 25.0 Å². The zero-order chi connectivity index (χ0) is 14.5. The fraction of sp³-hybridized carbons (Fsp3) is 0.600. The highest BCUT2D eigenvalue weighted by atomic mass is 16.2. The molecule has 1 N–H and O–H groups in total. The molecule has 1 saturated heterocycles. The first kappa shape index (κ1) is 14.9. The third-order valence-electron chi connectivity index (χ3n) is 3.75. The van der Waals surface area contributed by atoms with Crippen molar-refractivity contribution < 1.29 is 4.79 Å². The molecule has 0 aromatic carbocycles. The van der Waals surface area contributed by atoms with Gasteiger partial charge in [0.2, 0.25) is 5.91 Å². The number of aromatic nitrogens is 1. The summed E-state index contributed by atoms with van der Waals surface area (Å²) in [4.78, 5) is 20.7. The zero-order valence-electron chi connectivity index (χ0n) is 12.6. The summed E-state index contributed by atoms with van der Waals surface area (Å²) in [6.45, 7) is 7.48. The maximum Gasteiger partial charge on any atom is 0.242 e. The van der Waals surface area contributed by atoms with E-state index >= 15 is 0 Å². The number of hydrogen-bond donors (Lipinski definition) is 1. The minimum Gasteiger partial charge on any atom is -0.312 e. The zero-order valence-corrected chi connectivity index (χ0v) is 12.6. The number of rotatable bonds is 4. The molecule has 0 radical (unpaired) electrons. The van der Waals surface area contributed by atoms with Crippen molar-refractivity contribution in [1.29, 1.82) is 0 Å². The van der Waals surface area contributed by atoms with E-state index in [1.165, 1.54) is 0 Å². The number of hydrogen-bond acceptors (Lipinski definition) is 4. The first-order valence-electron chi connectivity index (χ1n) is 7.28. The molecule has 0 saturated carbocycles. The van der Waals surface area contributed by atoms with Gasteiger partial charge in [0.15, 0.2) is 0 Å². The quantitative estimate of drug-likeness (QED) is 0.888. The highest BCUT2D eigenvalue weighted by Crippen LogP contribution is 2.16. The van der Waals surface area contributed by atoms with Crippen LogP contribution in [0.25, 0.3) is 0 Å². The Labute approximate surface area is 121 Å². The van der Waals surface area contributed by atoms with E-state index in [0.717, 1.165) is 37.4 Å². The molecule has 0 bridgehead atoms. The van der Waals surface area contributed by atoms with E-state index < -0.39 is 0 Å². The van der Waals surface area contributed by atoms with Gasteiger partial charge in [0, 0.05) is 38.9 Å². The summed E-state index contributed by atoms with van der Waals surface area (Å²) in [5.41, 5.74) is 1.11. The Morgan fingerprint density at radius 2 is 2.40 bits per heavy atom. The highest BCUT2D eigenvalue weighted by molar-refractivity contribution is 5.94. The minimum absolute atomic E-state index is 0.104. The second-order valence-corrected chi connectivity index (χ2v) is 5.38. The number of likely N-dealkylation sites (N-methyl/N-ethyl adjacent to an activating group) is 1. The molecular formula is C15H24N4O. The summed E-state index contributed by atoms with van der Waals surface area (Å²) in [5.74, 6) is 0.885. The Bertz CT molecular complexity index is 463. The molecule has 0 aliphatic carbocycles. The molecule has 2 rings (SSSR count). The predicted octanol–water partition coefficient (Wildman–Crippen LogP) is 0.900. The van der Waals surface area contributed by atoms with Crippen LogP contribution in [0, 0.1) is 0 Å². The van der Waals surface area contributed by atoms with Gasteiger partial charge >= 0.3 is 0 Å². The Balaban J connectivity index is 2.01. The van der Waals surface area contributed by atoms with Crippen LogP contribution in [0.2, 0.25) is 0 Å². The molecule has 1 fully saturated rings. The number of piperazine rings is 1. The normalized spacial score (nSPS) is 19.9. The minimum atomic E-state index is 0.104. The summed E-state index contributed by atoms with van der Waals surface area (Å²) >= 11 is 0. The fourth-order valence-electron chi connectivity index (χ4n) is 2.58. The summed E-state index contributed by atoms with van der Waals surface area (Å²) in [7, 11) is 1.81. The summed E-state index contributed by atoms with van der Waals surface area (Å²) < 4.78 is 0. The first-order valence-corrected chi connectivity index (χ1v) is 7.28. The van der Waals surface area contributed by atoms with Crippen LogP contribution in [0.1, 0.15) is 19.4 Å². The van der Waals surface area contributed by atoms with Crippen molar-refractivity contribution in [3.8, 4) is 0 Å². The van der Waals surface area contributed by atoms with Crippen LogP contribution in [0.4, 0.5) is 5.82 Å². The second kappa shape index (κ2) is 6.81. The number of pyridine rings is 1. The lowest BCUT2D eigenvalue weighted by molar-refractivity contribution is -0.119. The third kappa shape index (κ3) is 3.55. The molecule has 0 unspecified atom stereocenters. The van der Waals surface area contributed by atoms with Gasteiger partial charge in [-0.1, -0.05) is 13.0 Å². The third-order valence-corrected chi connectivity index (χ3v) is 3.75. The number of carbonyl (C=O) groups is 1. The lowest BCUT2D eigenvalue weighted by Crippen LogP contribution is -2.52. The van der Waals surface area contributed by atoms with Crippen molar-refractivity contribution in [1.82, 2.24) is 15.2 Å². The van der Waals surface area contributed by atoms with Crippen LogP contribution >= 0.6 is 0 Å². The lowest BCUT2D eigenvalue weighted by atomic mass is 10.2. The molecule has 1 aromatic heterocycles. The number of nitrogens with zero attached hydrogens (tertiary/aromatic N) is 3. The van der Waals surface area contributed by atoms with Gasteiger partial charge in [-0.2, -0.15) is 0 Å². The van der Waals surface area contributed by atoms with E-state index in [-0.39, 0.29) is 5.91 Å². The van der Waals surface area contributed by atoms with E-state index in [1.54, 1.807) is 11.1 Å². The number of carbonyl (C=O) groups excluding carboxylic acids is 1. The molecule has 20 heavy (non-hydrogen) atoms. The maximum atomic E-state index is 12.4. The van der Waals surface area contributed by atoms with Crippen molar-refractivity contribution in [2.75, 3.05) is 38.1 Å². The van der Waals surface area contributed by atoms with E-state index in [9.17, 15) is 4.79 Å². The first-order chi connectivity index (χ1) is 9.61. The van der Waals surface area contributed by atoms with Crippen molar-refractivity contribution >= 4 is 11.7 Å². The van der Waals surface area contributed by atoms with Crippen molar-refractivity contribution in [2.24, 2.45) is 0 Å². The molecule has 5 nitrogen and oxygen atoms in total. The van der Waals surface area contributed by atoms with E-state index in [2.05, 4.69) is 29.0 Å². The maximum absolute atomic E-state index is 12.4. The largest absolute Gasteiger partial charge is 0.312 e. The molecule has 1 aliphatic heterocycles. The van der Waals surface area contributed by atoms with E-state index in [4.69, 9.17) is 0 Å². The van der Waals surface area contributed by atoms with Gasteiger partial charge in [0.1, 0.15) is 5.82 Å². The van der Waals surface area contributed by atoms with E-state index in [1.807, 2.05) is 19.2 Å². The van der Waals surface area contributed by atoms with Crippen LogP contribution in [0.3, 0.4) is 0 Å². The Morgan fingerprint density at radius 3 is 3.10 bits per heavy atom. The highest BCUT2D eigenvalue weighted by Gasteiger charge is 2.21. The van der Waals surface area contributed by atoms with Gasteiger partial charge < -0.3 is 5.32 Å². The molecule has 1 atom stereocenters. The molecule has 5 heteroatoms. The summed E-state index contributed by atoms with van der Waals surface area (Å²) in [6, 6.07) is 4.39. The SMILES string of the molecule is CCc1cccnc1N(C)C(=O)CN1CCN[C@H](C)C1. The Morgan fingerprint density at radius 1 is 1.60 bits per heavy atom. The second-order valence-electron chi connectivity index (χ2n) is 5.38. The van der Waals surface area contributed by atoms with Gasteiger partial charge in [-0.3, -0.25) is 14.6 Å². The van der Waals surface area contributed by atoms with Crippen LogP contribution in [-0.2, 0) is 11.2 Å². The average Bonchev–Trinajstić information content (AvgIpc) is 2.46. The molecule has 2 heterocycles. The lowest BCUT2D eigenvalue weighted by Gasteiger charge is -2.32. The number of anilines is 1. The number of nitrogens with one attached hydrogen (secondary N) is 1. The number of amides is 1. The molecular weight excluding hydrogens is 252 g/mol. The monoisotopic (exact) mass is 276 g/mol. The topological polar surface area (TPSA) is 48.5 Å². The fourth-order valence-corrected chi connectivity index (χ4v) is 2.58. The Kier molecular flexibility index (Phi) is 5.09. The smallest absolute Gasteiger partial charge is 0.242 e. The van der Waals surface area contributed by atoms with Crippen LogP contribution < -0.4 is 10.2 Å². The molecule has 1 aromatic rings. The van der Waals surface area contributed by atoms with Crippen LogP contribution in [-0.4, -0.2) is 55.1 Å². The van der Waals surface area contributed by atoms with Crippen molar-refractivity contribution in [2.45, 2.75) is 26.3 Å². The molecule has 110 valence electrons. The van der Waals surface area contributed by atoms with Gasteiger partial charge in [-0.15, -0.1) is 0 Å². The standard InChI is InChI=1S/C15H24N4O/c1-4-13-6-5-7-17-15(13)18(3)14(20)11-19-9-8-16-12(2)10-19/h5-7,12,16H,4,8-11H2,1-3H3/t12-/m1/s1. The Hall–Kier alpha value is -1.46.